The largest absolute Gasteiger partial charge is 0.360 e. The normalized spacial score (nSPS) is 16.2. The summed E-state index contributed by atoms with van der Waals surface area (Å²) in [5, 5.41) is 12.3. The number of carbonyl (C=O) groups is 1. The van der Waals surface area contributed by atoms with Crippen molar-refractivity contribution in [2.24, 2.45) is 5.92 Å². The van der Waals surface area contributed by atoms with Gasteiger partial charge >= 0.3 is 0 Å². The maximum atomic E-state index is 12.4. The van der Waals surface area contributed by atoms with Gasteiger partial charge in [-0.1, -0.05) is 13.0 Å². The molecule has 1 saturated heterocycles. The number of thioether (sulfide) groups is 1. The summed E-state index contributed by atoms with van der Waals surface area (Å²) < 4.78 is 0. The van der Waals surface area contributed by atoms with Crippen molar-refractivity contribution >= 4 is 23.4 Å². The number of nitrogens with one attached hydrogen (secondary N) is 1. The Labute approximate surface area is 136 Å². The second kappa shape index (κ2) is 7.90. The van der Waals surface area contributed by atoms with Crippen LogP contribution in [0.2, 0.25) is 0 Å². The topological polar surface area (TPSA) is 56.1 Å². The molecule has 0 atom stereocenters. The van der Waals surface area contributed by atoms with Crippen LogP contribution in [0.25, 0.3) is 0 Å². The van der Waals surface area contributed by atoms with Gasteiger partial charge in [-0.2, -0.15) is 5.26 Å². The Hall–Kier alpha value is -1.93. The number of piperidine rings is 1. The van der Waals surface area contributed by atoms with Crippen LogP contribution in [0, 0.1) is 17.2 Å². The molecule has 2 rings (SSSR count). The van der Waals surface area contributed by atoms with E-state index in [1.807, 2.05) is 36.6 Å². The summed E-state index contributed by atoms with van der Waals surface area (Å²) in [4.78, 5) is 15.3. The third-order valence-electron chi connectivity index (χ3n) is 3.87. The molecule has 22 heavy (non-hydrogen) atoms. The van der Waals surface area contributed by atoms with E-state index in [1.165, 1.54) is 6.20 Å². The van der Waals surface area contributed by atoms with Gasteiger partial charge in [0.05, 0.1) is 0 Å². The van der Waals surface area contributed by atoms with Crippen LogP contribution in [-0.4, -0.2) is 30.2 Å². The molecule has 116 valence electrons. The Bertz CT molecular complexity index is 598. The fourth-order valence-electron chi connectivity index (χ4n) is 2.39. The van der Waals surface area contributed by atoms with Gasteiger partial charge in [-0.15, -0.1) is 11.8 Å². The highest BCUT2D eigenvalue weighted by molar-refractivity contribution is 7.98. The maximum absolute atomic E-state index is 12.4. The van der Waals surface area contributed by atoms with Crippen molar-refractivity contribution in [2.75, 3.05) is 24.7 Å². The number of hydrogen-bond acceptors (Lipinski definition) is 4. The van der Waals surface area contributed by atoms with Crippen LogP contribution in [0.15, 0.2) is 40.9 Å². The molecular weight excluding hydrogens is 294 g/mol. The number of amides is 1. The number of nitrogens with zero attached hydrogens (tertiary/aromatic N) is 2. The predicted molar refractivity (Wildman–Crippen MR) is 90.5 cm³/mol. The van der Waals surface area contributed by atoms with Crippen LogP contribution in [0.1, 0.15) is 19.8 Å². The van der Waals surface area contributed by atoms with E-state index in [-0.39, 0.29) is 11.5 Å². The van der Waals surface area contributed by atoms with E-state index < -0.39 is 0 Å². The molecule has 1 heterocycles. The second-order valence-electron chi connectivity index (χ2n) is 5.52. The molecule has 0 unspecified atom stereocenters. The van der Waals surface area contributed by atoms with Crippen LogP contribution >= 0.6 is 11.8 Å². The van der Waals surface area contributed by atoms with Gasteiger partial charge in [0.2, 0.25) is 0 Å². The van der Waals surface area contributed by atoms with Crippen LogP contribution in [-0.2, 0) is 4.79 Å². The molecule has 5 heteroatoms. The molecule has 0 aromatic heterocycles. The van der Waals surface area contributed by atoms with Gasteiger partial charge in [0.1, 0.15) is 11.6 Å². The highest BCUT2D eigenvalue weighted by atomic mass is 32.2. The van der Waals surface area contributed by atoms with E-state index in [9.17, 15) is 10.1 Å². The van der Waals surface area contributed by atoms with Crippen molar-refractivity contribution in [1.82, 2.24) is 4.90 Å². The quantitative estimate of drug-likeness (QED) is 0.525. The number of carbonyl (C=O) groups excluding carboxylic acids is 1. The number of rotatable bonds is 4. The SMILES string of the molecule is CSc1cccc(N/C=C(/C#N)C(=O)N2CCC(C)CC2)c1. The fraction of sp³-hybridized carbons (Fsp3) is 0.412. The van der Waals surface area contributed by atoms with Crippen molar-refractivity contribution in [3.8, 4) is 6.07 Å². The summed E-state index contributed by atoms with van der Waals surface area (Å²) in [5.74, 6) is 0.480. The standard InChI is InChI=1S/C17H21N3OS/c1-13-6-8-20(9-7-13)17(21)14(11-18)12-19-15-4-3-5-16(10-15)22-2/h3-5,10,12-13,19H,6-9H2,1-2H3/b14-12-. The lowest BCUT2D eigenvalue weighted by atomic mass is 9.99. The van der Waals surface area contributed by atoms with Gasteiger partial charge in [0.25, 0.3) is 5.91 Å². The van der Waals surface area contributed by atoms with E-state index in [0.717, 1.165) is 36.5 Å². The Morgan fingerprint density at radius 2 is 2.18 bits per heavy atom. The number of benzene rings is 1. The van der Waals surface area contributed by atoms with Gasteiger partial charge in [-0.3, -0.25) is 4.79 Å². The molecule has 0 radical (unpaired) electrons. The van der Waals surface area contributed by atoms with E-state index in [2.05, 4.69) is 12.2 Å². The summed E-state index contributed by atoms with van der Waals surface area (Å²) >= 11 is 1.65. The molecule has 1 aliphatic rings. The number of likely N-dealkylation sites (tertiary alicyclic amines) is 1. The van der Waals surface area contributed by atoms with Gasteiger partial charge in [0.15, 0.2) is 0 Å². The first kappa shape index (κ1) is 16.4. The molecule has 0 saturated carbocycles. The van der Waals surface area contributed by atoms with E-state index >= 15 is 0 Å². The highest BCUT2D eigenvalue weighted by Gasteiger charge is 2.22. The molecule has 0 spiro atoms. The second-order valence-corrected chi connectivity index (χ2v) is 6.40. The third-order valence-corrected chi connectivity index (χ3v) is 4.60. The average molecular weight is 315 g/mol. The maximum Gasteiger partial charge on any atom is 0.266 e. The zero-order valence-corrected chi connectivity index (χ0v) is 13.8. The van der Waals surface area contributed by atoms with Crippen molar-refractivity contribution in [1.29, 1.82) is 5.26 Å². The summed E-state index contributed by atoms with van der Waals surface area (Å²) in [6, 6.07) is 9.88. The highest BCUT2D eigenvalue weighted by Crippen LogP contribution is 2.20. The molecule has 1 aromatic carbocycles. The van der Waals surface area contributed by atoms with Crippen molar-refractivity contribution in [2.45, 2.75) is 24.7 Å². The zero-order chi connectivity index (χ0) is 15.9. The van der Waals surface area contributed by atoms with Gasteiger partial charge in [-0.05, 0) is 43.2 Å². The Morgan fingerprint density at radius 1 is 1.45 bits per heavy atom. The van der Waals surface area contributed by atoms with Crippen LogP contribution in [0.5, 0.6) is 0 Å². The lowest BCUT2D eigenvalue weighted by Crippen LogP contribution is -2.38. The molecular formula is C17H21N3OS. The van der Waals surface area contributed by atoms with Crippen molar-refractivity contribution in [3.63, 3.8) is 0 Å². The molecule has 1 aliphatic heterocycles. The minimum atomic E-state index is -0.178. The van der Waals surface area contributed by atoms with Gasteiger partial charge < -0.3 is 10.2 Å². The van der Waals surface area contributed by atoms with Crippen molar-refractivity contribution in [3.05, 3.63) is 36.0 Å². The molecule has 0 aliphatic carbocycles. The lowest BCUT2D eigenvalue weighted by Gasteiger charge is -2.30. The summed E-state index contributed by atoms with van der Waals surface area (Å²) in [7, 11) is 0. The first-order chi connectivity index (χ1) is 10.6. The van der Waals surface area contributed by atoms with Crippen LogP contribution in [0.3, 0.4) is 0 Å². The minimum Gasteiger partial charge on any atom is -0.360 e. The molecule has 0 bridgehead atoms. The summed E-state index contributed by atoms with van der Waals surface area (Å²) in [5.41, 5.74) is 1.03. The van der Waals surface area contributed by atoms with E-state index in [1.54, 1.807) is 16.7 Å². The van der Waals surface area contributed by atoms with E-state index in [0.29, 0.717) is 5.92 Å². The third kappa shape index (κ3) is 4.28. The molecule has 1 N–H and O–H groups in total. The Morgan fingerprint density at radius 3 is 2.82 bits per heavy atom. The first-order valence-electron chi connectivity index (χ1n) is 7.44. The smallest absolute Gasteiger partial charge is 0.266 e. The predicted octanol–water partition coefficient (Wildman–Crippen LogP) is 3.49. The minimum absolute atomic E-state index is 0.157. The molecule has 4 nitrogen and oxygen atoms in total. The molecule has 1 aromatic rings. The van der Waals surface area contributed by atoms with Gasteiger partial charge in [0, 0.05) is 29.9 Å². The number of hydrogen-bond donors (Lipinski definition) is 1. The lowest BCUT2D eigenvalue weighted by molar-refractivity contribution is -0.128. The first-order valence-corrected chi connectivity index (χ1v) is 8.66. The molecule has 1 fully saturated rings. The summed E-state index contributed by atoms with van der Waals surface area (Å²) in [6.45, 7) is 3.67. The average Bonchev–Trinajstić information content (AvgIpc) is 2.56. The van der Waals surface area contributed by atoms with Crippen molar-refractivity contribution < 1.29 is 4.79 Å². The van der Waals surface area contributed by atoms with Gasteiger partial charge in [-0.25, -0.2) is 0 Å². The van der Waals surface area contributed by atoms with Crippen LogP contribution in [0.4, 0.5) is 5.69 Å². The fourth-order valence-corrected chi connectivity index (χ4v) is 2.85. The number of anilines is 1. The van der Waals surface area contributed by atoms with E-state index in [4.69, 9.17) is 0 Å². The Kier molecular flexibility index (Phi) is 5.91. The number of nitriles is 1. The van der Waals surface area contributed by atoms with Crippen LogP contribution < -0.4 is 5.32 Å². The zero-order valence-electron chi connectivity index (χ0n) is 13.0. The monoisotopic (exact) mass is 315 g/mol. The molecule has 1 amide bonds. The summed E-state index contributed by atoms with van der Waals surface area (Å²) in [6.07, 6.45) is 5.54. The Balaban J connectivity index is 2.04.